The van der Waals surface area contributed by atoms with Crippen LogP contribution in [0.3, 0.4) is 0 Å². The molecule has 0 unspecified atom stereocenters. The van der Waals surface area contributed by atoms with Crippen molar-refractivity contribution >= 4 is 0 Å². The highest BCUT2D eigenvalue weighted by Gasteiger charge is 2.33. The normalized spacial score (nSPS) is 28.1. The van der Waals surface area contributed by atoms with Crippen molar-refractivity contribution in [2.75, 3.05) is 6.54 Å². The zero-order chi connectivity index (χ0) is 13.2. The molecule has 0 spiro atoms. The van der Waals surface area contributed by atoms with Gasteiger partial charge in [-0.1, -0.05) is 25.0 Å². The fraction of sp³-hybridized carbons (Fsp3) is 0.625. The summed E-state index contributed by atoms with van der Waals surface area (Å²) in [6, 6.07) is 5.49. The molecule has 2 fully saturated rings. The Balaban J connectivity index is 1.76. The third kappa shape index (κ3) is 2.62. The van der Waals surface area contributed by atoms with E-state index in [1.807, 2.05) is 6.07 Å². The third-order valence-corrected chi connectivity index (χ3v) is 4.80. The molecular weight excluding hydrogens is 241 g/mol. The smallest absolute Gasteiger partial charge is 0.165 e. The topological polar surface area (TPSA) is 23.5 Å². The number of phenols is 1. The average Bonchev–Trinajstić information content (AvgIpc) is 2.44. The monoisotopic (exact) mass is 263 g/mol. The molecule has 0 bridgehead atoms. The minimum Gasteiger partial charge on any atom is -0.505 e. The van der Waals surface area contributed by atoms with Crippen LogP contribution >= 0.6 is 0 Å². The zero-order valence-electron chi connectivity index (χ0n) is 11.3. The van der Waals surface area contributed by atoms with Crippen LogP contribution in [0.2, 0.25) is 0 Å². The van der Waals surface area contributed by atoms with E-state index >= 15 is 0 Å². The molecule has 1 saturated carbocycles. The first kappa shape index (κ1) is 12.9. The number of likely N-dealkylation sites (tertiary alicyclic amines) is 1. The van der Waals surface area contributed by atoms with Crippen molar-refractivity contribution in [1.29, 1.82) is 0 Å². The van der Waals surface area contributed by atoms with Crippen molar-refractivity contribution in [3.63, 3.8) is 0 Å². The van der Waals surface area contributed by atoms with Gasteiger partial charge in [0.15, 0.2) is 11.6 Å². The largest absolute Gasteiger partial charge is 0.505 e. The van der Waals surface area contributed by atoms with E-state index in [0.29, 0.717) is 12.6 Å². The summed E-state index contributed by atoms with van der Waals surface area (Å²) in [5.74, 6) is 0.147. The van der Waals surface area contributed by atoms with Gasteiger partial charge in [0.1, 0.15) is 0 Å². The molecular formula is C16H22FNO. The summed E-state index contributed by atoms with van der Waals surface area (Å²) >= 11 is 0. The summed E-state index contributed by atoms with van der Waals surface area (Å²) in [7, 11) is 0. The van der Waals surface area contributed by atoms with Gasteiger partial charge in [0, 0.05) is 18.2 Å². The van der Waals surface area contributed by atoms with Gasteiger partial charge in [0.25, 0.3) is 0 Å². The molecule has 0 amide bonds. The predicted octanol–water partition coefficient (Wildman–Crippen LogP) is 3.69. The Morgan fingerprint density at radius 1 is 1.16 bits per heavy atom. The second-order valence-corrected chi connectivity index (χ2v) is 5.97. The molecule has 0 radical (unpaired) electrons. The molecule has 1 heterocycles. The molecule has 1 N–H and O–H groups in total. The number of nitrogens with zero attached hydrogens (tertiary/aromatic N) is 1. The summed E-state index contributed by atoms with van der Waals surface area (Å²) in [5, 5.41) is 9.82. The molecule has 2 nitrogen and oxygen atoms in total. The van der Waals surface area contributed by atoms with Gasteiger partial charge in [0.05, 0.1) is 0 Å². The highest BCUT2D eigenvalue weighted by Crippen LogP contribution is 2.36. The van der Waals surface area contributed by atoms with Crippen LogP contribution in [0.4, 0.5) is 4.39 Å². The van der Waals surface area contributed by atoms with E-state index in [-0.39, 0.29) is 5.75 Å². The van der Waals surface area contributed by atoms with Gasteiger partial charge >= 0.3 is 0 Å². The molecule has 1 aromatic rings. The maximum absolute atomic E-state index is 13.4. The summed E-state index contributed by atoms with van der Waals surface area (Å²) in [5.41, 5.74) is 0.728. The Hall–Kier alpha value is -1.09. The number of hydrogen-bond donors (Lipinski definition) is 1. The SMILES string of the molecule is Oc1c(F)cccc1CN1CCC[C@H]2CCCC[C@H]21. The molecule has 2 atom stereocenters. The van der Waals surface area contributed by atoms with Crippen LogP contribution in [0.15, 0.2) is 18.2 Å². The van der Waals surface area contributed by atoms with E-state index in [4.69, 9.17) is 0 Å². The Morgan fingerprint density at radius 2 is 1.95 bits per heavy atom. The molecule has 0 aromatic heterocycles. The Bertz CT molecular complexity index is 446. The Morgan fingerprint density at radius 3 is 2.84 bits per heavy atom. The first-order valence-corrected chi connectivity index (χ1v) is 7.46. The van der Waals surface area contributed by atoms with Gasteiger partial charge in [-0.05, 0) is 44.2 Å². The van der Waals surface area contributed by atoms with Crippen LogP contribution < -0.4 is 0 Å². The number of para-hydroxylation sites is 1. The number of piperidine rings is 1. The first-order valence-electron chi connectivity index (χ1n) is 7.46. The number of hydrogen-bond acceptors (Lipinski definition) is 2. The van der Waals surface area contributed by atoms with E-state index < -0.39 is 5.82 Å². The van der Waals surface area contributed by atoms with E-state index in [1.54, 1.807) is 6.07 Å². The summed E-state index contributed by atoms with van der Waals surface area (Å²) < 4.78 is 13.4. The molecule has 1 aliphatic heterocycles. The van der Waals surface area contributed by atoms with E-state index in [9.17, 15) is 9.50 Å². The summed E-state index contributed by atoms with van der Waals surface area (Å²) in [4.78, 5) is 2.46. The van der Waals surface area contributed by atoms with Crippen molar-refractivity contribution in [3.05, 3.63) is 29.6 Å². The minimum absolute atomic E-state index is 0.166. The zero-order valence-corrected chi connectivity index (χ0v) is 11.3. The van der Waals surface area contributed by atoms with Gasteiger partial charge in [-0.3, -0.25) is 4.90 Å². The number of phenolic OH excluding ortho intramolecular Hbond substituents is 1. The van der Waals surface area contributed by atoms with Gasteiger partial charge < -0.3 is 5.11 Å². The standard InChI is InChI=1S/C16H22FNO/c17-14-8-3-6-13(16(14)19)11-18-10-4-7-12-5-1-2-9-15(12)18/h3,6,8,12,15,19H,1-2,4-5,7,9-11H2/t12-,15-/m1/s1. The van der Waals surface area contributed by atoms with Crippen LogP contribution in [-0.4, -0.2) is 22.6 Å². The number of rotatable bonds is 2. The van der Waals surface area contributed by atoms with Crippen molar-refractivity contribution < 1.29 is 9.50 Å². The van der Waals surface area contributed by atoms with E-state index in [0.717, 1.165) is 18.0 Å². The maximum Gasteiger partial charge on any atom is 0.165 e. The molecule has 19 heavy (non-hydrogen) atoms. The second kappa shape index (κ2) is 5.49. The molecule has 1 saturated heterocycles. The van der Waals surface area contributed by atoms with E-state index in [1.165, 1.54) is 44.6 Å². The Labute approximate surface area is 114 Å². The van der Waals surface area contributed by atoms with Crippen LogP contribution in [0, 0.1) is 11.7 Å². The number of fused-ring (bicyclic) bond motifs is 1. The lowest BCUT2D eigenvalue weighted by atomic mass is 9.78. The van der Waals surface area contributed by atoms with E-state index in [2.05, 4.69) is 4.90 Å². The van der Waals surface area contributed by atoms with Crippen molar-refractivity contribution in [2.45, 2.75) is 51.1 Å². The lowest BCUT2D eigenvalue weighted by Gasteiger charge is -2.44. The highest BCUT2D eigenvalue weighted by molar-refractivity contribution is 5.33. The summed E-state index contributed by atoms with van der Waals surface area (Å²) in [6.07, 6.45) is 7.86. The Kier molecular flexibility index (Phi) is 3.74. The fourth-order valence-electron chi connectivity index (χ4n) is 3.83. The van der Waals surface area contributed by atoms with Gasteiger partial charge in [0.2, 0.25) is 0 Å². The third-order valence-electron chi connectivity index (χ3n) is 4.80. The molecule has 1 aliphatic carbocycles. The van der Waals surface area contributed by atoms with Crippen molar-refractivity contribution in [1.82, 2.24) is 4.90 Å². The number of halogens is 1. The lowest BCUT2D eigenvalue weighted by molar-refractivity contribution is 0.0540. The average molecular weight is 263 g/mol. The summed E-state index contributed by atoms with van der Waals surface area (Å²) in [6.45, 7) is 1.77. The van der Waals surface area contributed by atoms with Crippen LogP contribution in [0.25, 0.3) is 0 Å². The number of benzene rings is 1. The molecule has 2 aliphatic rings. The second-order valence-electron chi connectivity index (χ2n) is 5.97. The molecule has 3 heteroatoms. The minimum atomic E-state index is -0.505. The molecule has 3 rings (SSSR count). The van der Waals surface area contributed by atoms with Crippen molar-refractivity contribution in [2.24, 2.45) is 5.92 Å². The predicted molar refractivity (Wildman–Crippen MR) is 73.5 cm³/mol. The first-order chi connectivity index (χ1) is 9.25. The maximum atomic E-state index is 13.4. The molecule has 104 valence electrons. The lowest BCUT2D eigenvalue weighted by Crippen LogP contribution is -2.46. The van der Waals surface area contributed by atoms with Gasteiger partial charge in [-0.15, -0.1) is 0 Å². The molecule has 1 aromatic carbocycles. The van der Waals surface area contributed by atoms with Crippen molar-refractivity contribution in [3.8, 4) is 5.75 Å². The number of aromatic hydroxyl groups is 1. The van der Waals surface area contributed by atoms with Gasteiger partial charge in [-0.2, -0.15) is 0 Å². The van der Waals surface area contributed by atoms with Crippen LogP contribution in [0.5, 0.6) is 5.75 Å². The van der Waals surface area contributed by atoms with Gasteiger partial charge in [-0.25, -0.2) is 4.39 Å². The van der Waals surface area contributed by atoms with Crippen LogP contribution in [0.1, 0.15) is 44.1 Å². The quantitative estimate of drug-likeness (QED) is 0.879. The highest BCUT2D eigenvalue weighted by atomic mass is 19.1. The fourth-order valence-corrected chi connectivity index (χ4v) is 3.83. The van der Waals surface area contributed by atoms with Crippen LogP contribution in [-0.2, 0) is 6.54 Å².